The molecular weight excluding hydrogens is 231 g/mol. The third-order valence-electron chi connectivity index (χ3n) is 2.87. The van der Waals surface area contributed by atoms with Crippen LogP contribution in [0.5, 0.6) is 0 Å². The molecule has 1 aromatic carbocycles. The maximum atomic E-state index is 13.3. The van der Waals surface area contributed by atoms with Crippen molar-refractivity contribution >= 4 is 16.8 Å². The van der Waals surface area contributed by atoms with E-state index in [-0.39, 0.29) is 24.2 Å². The lowest BCUT2D eigenvalue weighted by atomic mass is 10.1. The number of hydrogen-bond donors (Lipinski definition) is 2. The molecule has 0 spiro atoms. The van der Waals surface area contributed by atoms with Crippen molar-refractivity contribution in [1.29, 1.82) is 0 Å². The predicted molar refractivity (Wildman–Crippen MR) is 70.0 cm³/mol. The van der Waals surface area contributed by atoms with Crippen molar-refractivity contribution in [2.45, 2.75) is 33.2 Å². The average molecular weight is 248 g/mol. The molecule has 1 amide bonds. The molecule has 0 atom stereocenters. The second kappa shape index (κ2) is 4.80. The van der Waals surface area contributed by atoms with Gasteiger partial charge in [-0.1, -0.05) is 0 Å². The number of H-pyrrole nitrogens is 1. The summed E-state index contributed by atoms with van der Waals surface area (Å²) in [5, 5.41) is 3.62. The van der Waals surface area contributed by atoms with Crippen LogP contribution in [0.25, 0.3) is 10.9 Å². The van der Waals surface area contributed by atoms with E-state index >= 15 is 0 Å². The van der Waals surface area contributed by atoms with Gasteiger partial charge in [0.15, 0.2) is 0 Å². The normalized spacial score (nSPS) is 11.2. The Hall–Kier alpha value is -1.84. The van der Waals surface area contributed by atoms with Crippen LogP contribution < -0.4 is 5.32 Å². The Morgan fingerprint density at radius 2 is 2.17 bits per heavy atom. The van der Waals surface area contributed by atoms with Crippen LogP contribution in [0.1, 0.15) is 25.1 Å². The molecule has 0 saturated heterocycles. The molecule has 18 heavy (non-hydrogen) atoms. The van der Waals surface area contributed by atoms with Crippen molar-refractivity contribution in [3.05, 3.63) is 35.3 Å². The van der Waals surface area contributed by atoms with Crippen LogP contribution in [0.3, 0.4) is 0 Å². The number of amides is 1. The van der Waals surface area contributed by atoms with Gasteiger partial charge in [0.25, 0.3) is 0 Å². The van der Waals surface area contributed by atoms with Crippen LogP contribution >= 0.6 is 0 Å². The highest BCUT2D eigenvalue weighted by Gasteiger charge is 2.13. The highest BCUT2D eigenvalue weighted by Crippen LogP contribution is 2.23. The highest BCUT2D eigenvalue weighted by molar-refractivity contribution is 5.90. The predicted octanol–water partition coefficient (Wildman–Crippen LogP) is 2.68. The van der Waals surface area contributed by atoms with Crippen LogP contribution in [-0.4, -0.2) is 16.9 Å². The smallest absolute Gasteiger partial charge is 0.224 e. The number of rotatable bonds is 3. The monoisotopic (exact) mass is 248 g/mol. The van der Waals surface area contributed by atoms with Gasteiger partial charge in [-0.05, 0) is 44.5 Å². The zero-order chi connectivity index (χ0) is 13.3. The van der Waals surface area contributed by atoms with Gasteiger partial charge in [0.05, 0.1) is 6.42 Å². The SMILES string of the molecule is Cc1[nH]c2ccc(F)cc2c1CC(=O)NC(C)C. The largest absolute Gasteiger partial charge is 0.358 e. The van der Waals surface area contributed by atoms with Crippen molar-refractivity contribution < 1.29 is 9.18 Å². The highest BCUT2D eigenvalue weighted by atomic mass is 19.1. The zero-order valence-electron chi connectivity index (χ0n) is 10.8. The maximum Gasteiger partial charge on any atom is 0.224 e. The van der Waals surface area contributed by atoms with E-state index in [1.54, 1.807) is 6.07 Å². The van der Waals surface area contributed by atoms with Crippen LogP contribution in [0.4, 0.5) is 4.39 Å². The minimum absolute atomic E-state index is 0.0433. The molecule has 0 aliphatic heterocycles. The summed E-state index contributed by atoms with van der Waals surface area (Å²) in [6, 6.07) is 4.69. The number of carbonyl (C=O) groups excluding carboxylic acids is 1. The molecule has 2 N–H and O–H groups in total. The Kier molecular flexibility index (Phi) is 3.36. The molecule has 2 rings (SSSR count). The summed E-state index contributed by atoms with van der Waals surface area (Å²) >= 11 is 0. The van der Waals surface area contributed by atoms with Crippen molar-refractivity contribution in [2.24, 2.45) is 0 Å². The second-order valence-electron chi connectivity index (χ2n) is 4.82. The molecule has 0 bridgehead atoms. The lowest BCUT2D eigenvalue weighted by Crippen LogP contribution is -2.31. The Bertz CT molecular complexity index is 587. The molecule has 0 fully saturated rings. The fraction of sp³-hybridized carbons (Fsp3) is 0.357. The number of aromatic nitrogens is 1. The van der Waals surface area contributed by atoms with Gasteiger partial charge in [-0.15, -0.1) is 0 Å². The van der Waals surface area contributed by atoms with E-state index in [9.17, 15) is 9.18 Å². The zero-order valence-corrected chi connectivity index (χ0v) is 10.8. The third-order valence-corrected chi connectivity index (χ3v) is 2.87. The number of benzene rings is 1. The van der Waals surface area contributed by atoms with Gasteiger partial charge in [-0.3, -0.25) is 4.79 Å². The first-order valence-corrected chi connectivity index (χ1v) is 6.03. The standard InChI is InChI=1S/C14H17FN2O/c1-8(2)16-14(18)7-11-9(3)17-13-5-4-10(15)6-12(11)13/h4-6,8,17H,7H2,1-3H3,(H,16,18). The Balaban J connectivity index is 2.35. The minimum atomic E-state index is -0.285. The lowest BCUT2D eigenvalue weighted by molar-refractivity contribution is -0.120. The van der Waals surface area contributed by atoms with Gasteiger partial charge in [0.1, 0.15) is 5.82 Å². The molecule has 0 saturated carbocycles. The van der Waals surface area contributed by atoms with E-state index < -0.39 is 0 Å². The molecule has 3 nitrogen and oxygen atoms in total. The Labute approximate surface area is 105 Å². The topological polar surface area (TPSA) is 44.9 Å². The number of halogens is 1. The first-order chi connectivity index (χ1) is 8.47. The van der Waals surface area contributed by atoms with E-state index in [1.165, 1.54) is 12.1 Å². The maximum absolute atomic E-state index is 13.3. The summed E-state index contributed by atoms with van der Waals surface area (Å²) in [5.74, 6) is -0.328. The molecule has 96 valence electrons. The van der Waals surface area contributed by atoms with E-state index in [0.29, 0.717) is 0 Å². The molecule has 1 heterocycles. The first-order valence-electron chi connectivity index (χ1n) is 6.03. The Morgan fingerprint density at radius 3 is 2.83 bits per heavy atom. The number of aryl methyl sites for hydroxylation is 1. The van der Waals surface area contributed by atoms with E-state index in [1.807, 2.05) is 20.8 Å². The number of nitrogens with one attached hydrogen (secondary N) is 2. The van der Waals surface area contributed by atoms with E-state index in [4.69, 9.17) is 0 Å². The van der Waals surface area contributed by atoms with E-state index in [0.717, 1.165) is 22.2 Å². The van der Waals surface area contributed by atoms with E-state index in [2.05, 4.69) is 10.3 Å². The minimum Gasteiger partial charge on any atom is -0.358 e. The first kappa shape index (κ1) is 12.6. The summed E-state index contributed by atoms with van der Waals surface area (Å²) in [5.41, 5.74) is 2.64. The van der Waals surface area contributed by atoms with Crippen LogP contribution in [0.15, 0.2) is 18.2 Å². The van der Waals surface area contributed by atoms with Crippen molar-refractivity contribution in [3.8, 4) is 0 Å². The number of carbonyl (C=O) groups is 1. The van der Waals surface area contributed by atoms with Crippen molar-refractivity contribution in [3.63, 3.8) is 0 Å². The van der Waals surface area contributed by atoms with Crippen LogP contribution in [-0.2, 0) is 11.2 Å². The number of hydrogen-bond acceptors (Lipinski definition) is 1. The van der Waals surface area contributed by atoms with Crippen molar-refractivity contribution in [1.82, 2.24) is 10.3 Å². The second-order valence-corrected chi connectivity index (χ2v) is 4.82. The average Bonchev–Trinajstić information content (AvgIpc) is 2.55. The summed E-state index contributed by atoms with van der Waals surface area (Å²) in [6.45, 7) is 5.73. The molecule has 0 unspecified atom stereocenters. The molecule has 0 aliphatic rings. The number of fused-ring (bicyclic) bond motifs is 1. The van der Waals surface area contributed by atoms with Gasteiger partial charge in [-0.2, -0.15) is 0 Å². The summed E-state index contributed by atoms with van der Waals surface area (Å²) in [7, 11) is 0. The van der Waals surface area contributed by atoms with Crippen LogP contribution in [0, 0.1) is 12.7 Å². The Morgan fingerprint density at radius 1 is 1.44 bits per heavy atom. The van der Waals surface area contributed by atoms with Gasteiger partial charge < -0.3 is 10.3 Å². The van der Waals surface area contributed by atoms with Gasteiger partial charge in [-0.25, -0.2) is 4.39 Å². The van der Waals surface area contributed by atoms with Gasteiger partial charge in [0, 0.05) is 22.6 Å². The molecular formula is C14H17FN2O. The molecule has 0 aliphatic carbocycles. The lowest BCUT2D eigenvalue weighted by Gasteiger charge is -2.08. The molecule has 0 radical (unpaired) electrons. The summed E-state index contributed by atoms with van der Waals surface area (Å²) in [6.07, 6.45) is 0.271. The molecule has 1 aromatic heterocycles. The quantitative estimate of drug-likeness (QED) is 0.861. The summed E-state index contributed by atoms with van der Waals surface area (Å²) < 4.78 is 13.3. The number of aromatic amines is 1. The third kappa shape index (κ3) is 2.53. The fourth-order valence-electron chi connectivity index (χ4n) is 2.12. The molecule has 4 heteroatoms. The molecule has 2 aromatic rings. The van der Waals surface area contributed by atoms with Gasteiger partial charge in [0.2, 0.25) is 5.91 Å². The van der Waals surface area contributed by atoms with Crippen molar-refractivity contribution in [2.75, 3.05) is 0 Å². The fourth-order valence-corrected chi connectivity index (χ4v) is 2.12. The van der Waals surface area contributed by atoms with Crippen LogP contribution in [0.2, 0.25) is 0 Å². The summed E-state index contributed by atoms with van der Waals surface area (Å²) in [4.78, 5) is 14.9. The van der Waals surface area contributed by atoms with Gasteiger partial charge >= 0.3 is 0 Å².